The van der Waals surface area contributed by atoms with Crippen molar-refractivity contribution in [2.24, 2.45) is 23.7 Å². The van der Waals surface area contributed by atoms with Crippen LogP contribution in [-0.2, 0) is 19.1 Å². The molecule has 3 aromatic rings. The molecule has 3 aliphatic heterocycles. The number of anilines is 2. The Balaban J connectivity index is 1.50. The first-order chi connectivity index (χ1) is 23.0. The number of aliphatic hydroxyl groups is 1. The molecule has 7 atom stereocenters. The molecule has 6 rings (SSSR count). The highest BCUT2D eigenvalue weighted by molar-refractivity contribution is 6.07. The third kappa shape index (κ3) is 5.26. The van der Waals surface area contributed by atoms with Crippen LogP contribution in [0.1, 0.15) is 40.5 Å². The van der Waals surface area contributed by atoms with E-state index >= 15 is 4.79 Å². The Hall–Kier alpha value is -4.27. The van der Waals surface area contributed by atoms with Gasteiger partial charge in [-0.15, -0.1) is 13.2 Å². The lowest BCUT2D eigenvalue weighted by molar-refractivity contribution is -0.149. The Morgan fingerprint density at radius 1 is 0.958 bits per heavy atom. The maximum Gasteiger partial charge on any atom is 0.253 e. The lowest BCUT2D eigenvalue weighted by Gasteiger charge is -2.40. The first-order valence-electron chi connectivity index (χ1n) is 17.0. The van der Waals surface area contributed by atoms with Gasteiger partial charge in [0.2, 0.25) is 11.8 Å². The van der Waals surface area contributed by atoms with Gasteiger partial charge in [-0.3, -0.25) is 14.4 Å². The molecule has 0 aliphatic carbocycles. The predicted octanol–water partition coefficient (Wildman–Crippen LogP) is 6.00. The Labute approximate surface area is 283 Å². The molecule has 3 unspecified atom stereocenters. The summed E-state index contributed by atoms with van der Waals surface area (Å²) in [6, 6.07) is 21.5. The molecular weight excluding hydrogens is 602 g/mol. The molecule has 48 heavy (non-hydrogen) atoms. The molecule has 0 aromatic heterocycles. The second-order valence-corrected chi connectivity index (χ2v) is 14.3. The summed E-state index contributed by atoms with van der Waals surface area (Å²) in [7, 11) is 0. The van der Waals surface area contributed by atoms with Crippen molar-refractivity contribution in [2.45, 2.75) is 63.8 Å². The van der Waals surface area contributed by atoms with Crippen molar-refractivity contribution in [1.29, 1.82) is 0 Å². The van der Waals surface area contributed by atoms with Crippen LogP contribution in [0.25, 0.3) is 10.8 Å². The summed E-state index contributed by atoms with van der Waals surface area (Å²) in [6.07, 6.45) is 4.28. The molecule has 0 saturated carbocycles. The van der Waals surface area contributed by atoms with Crippen LogP contribution in [-0.4, -0.2) is 70.7 Å². The summed E-state index contributed by atoms with van der Waals surface area (Å²) in [4.78, 5) is 49.9. The predicted molar refractivity (Wildman–Crippen MR) is 189 cm³/mol. The smallest absolute Gasteiger partial charge is 0.253 e. The Bertz CT molecular complexity index is 1720. The van der Waals surface area contributed by atoms with Gasteiger partial charge in [0.15, 0.2) is 0 Å². The average Bonchev–Trinajstić information content (AvgIpc) is 3.60. The van der Waals surface area contributed by atoms with Gasteiger partial charge in [-0.25, -0.2) is 0 Å². The second-order valence-electron chi connectivity index (χ2n) is 14.3. The number of hydrogen-bond donors (Lipinski definition) is 1. The first kappa shape index (κ1) is 33.6. The lowest BCUT2D eigenvalue weighted by Crippen LogP contribution is -2.59. The molecule has 252 valence electrons. The fourth-order valence-corrected chi connectivity index (χ4v) is 8.72. The van der Waals surface area contributed by atoms with Gasteiger partial charge in [0.1, 0.15) is 11.6 Å². The van der Waals surface area contributed by atoms with Gasteiger partial charge in [-0.1, -0.05) is 81.5 Å². The zero-order valence-electron chi connectivity index (χ0n) is 28.4. The molecule has 3 fully saturated rings. The molecule has 0 radical (unpaired) electrons. The van der Waals surface area contributed by atoms with Crippen molar-refractivity contribution in [3.8, 4) is 0 Å². The number of ether oxygens (including phenoxy) is 1. The fraction of sp³-hybridized carbons (Fsp3) is 0.425. The number of carbonyl (C=O) groups is 3. The number of fused-ring (bicyclic) bond motifs is 2. The molecule has 3 aliphatic rings. The largest absolute Gasteiger partial charge is 0.394 e. The molecular formula is C40H47N3O5. The van der Waals surface area contributed by atoms with E-state index in [1.165, 1.54) is 0 Å². The van der Waals surface area contributed by atoms with Crippen molar-refractivity contribution in [3.63, 3.8) is 0 Å². The SMILES string of the molecule is C=CCN(C(=O)C1N([C@@H](CO)CC(C)C)C(=O)[C@@H]2[C@H](C(=O)N(CC=C)c3ccccc3)[C@@]3(C)OC12CC3C)c1ccc2ccccc2c1. The summed E-state index contributed by atoms with van der Waals surface area (Å²) in [6.45, 7) is 16.0. The third-order valence-corrected chi connectivity index (χ3v) is 10.9. The molecule has 1 N–H and O–H groups in total. The van der Waals surface area contributed by atoms with Gasteiger partial charge in [0.25, 0.3) is 5.91 Å². The number of amides is 3. The number of benzene rings is 3. The van der Waals surface area contributed by atoms with E-state index in [0.717, 1.165) is 10.8 Å². The molecule has 3 amide bonds. The van der Waals surface area contributed by atoms with Crippen molar-refractivity contribution in [1.82, 2.24) is 4.90 Å². The van der Waals surface area contributed by atoms with Gasteiger partial charge >= 0.3 is 0 Å². The molecule has 8 heteroatoms. The van der Waals surface area contributed by atoms with Gasteiger partial charge in [0, 0.05) is 24.5 Å². The maximum atomic E-state index is 15.2. The summed E-state index contributed by atoms with van der Waals surface area (Å²) >= 11 is 0. The minimum absolute atomic E-state index is 0.127. The summed E-state index contributed by atoms with van der Waals surface area (Å²) in [5, 5.41) is 12.8. The van der Waals surface area contributed by atoms with Crippen LogP contribution in [0.2, 0.25) is 0 Å². The first-order valence-corrected chi connectivity index (χ1v) is 17.0. The van der Waals surface area contributed by atoms with Crippen LogP contribution < -0.4 is 9.80 Å². The van der Waals surface area contributed by atoms with Crippen LogP contribution in [0, 0.1) is 23.7 Å². The van der Waals surface area contributed by atoms with Crippen LogP contribution in [0.3, 0.4) is 0 Å². The van der Waals surface area contributed by atoms with E-state index in [0.29, 0.717) is 24.2 Å². The number of nitrogens with zero attached hydrogens (tertiary/aromatic N) is 3. The van der Waals surface area contributed by atoms with Gasteiger partial charge < -0.3 is 24.5 Å². The number of hydrogen-bond acceptors (Lipinski definition) is 5. The van der Waals surface area contributed by atoms with E-state index < -0.39 is 35.1 Å². The summed E-state index contributed by atoms with van der Waals surface area (Å²) < 4.78 is 7.06. The normalized spacial score (nSPS) is 28.0. The standard InChI is InChI=1S/C40H47N3O5/c1-7-20-41(30-16-10-9-11-17-30)36(45)33-34-37(46)43(32(25-44)22-26(3)4)35(40(34)24-27(5)39(33,6)48-40)38(47)42(21-8-2)31-19-18-28-14-12-13-15-29(28)23-31/h7-19,23,26-27,32-35,44H,1-2,20-22,24-25H2,3-6H3/t27?,32-,33-,34+,35?,39+,40?/m1/s1. The molecule has 1 spiro atoms. The summed E-state index contributed by atoms with van der Waals surface area (Å²) in [5.41, 5.74) is -0.877. The van der Waals surface area contributed by atoms with Crippen molar-refractivity contribution >= 4 is 39.9 Å². The quantitative estimate of drug-likeness (QED) is 0.243. The number of aliphatic hydroxyl groups excluding tert-OH is 1. The number of para-hydroxylation sites is 1. The number of carbonyl (C=O) groups excluding carboxylic acids is 3. The summed E-state index contributed by atoms with van der Waals surface area (Å²) in [5.74, 6) is -2.59. The van der Waals surface area contributed by atoms with Crippen LogP contribution >= 0.6 is 0 Å². The molecule has 3 aromatic carbocycles. The minimum Gasteiger partial charge on any atom is -0.394 e. The van der Waals surface area contributed by atoms with E-state index in [9.17, 15) is 14.7 Å². The Morgan fingerprint density at radius 3 is 2.21 bits per heavy atom. The highest BCUT2D eigenvalue weighted by Gasteiger charge is 2.80. The number of likely N-dealkylation sites (tertiary alicyclic amines) is 1. The van der Waals surface area contributed by atoms with Crippen molar-refractivity contribution in [2.75, 3.05) is 29.5 Å². The molecule has 3 heterocycles. The number of rotatable bonds is 12. The highest BCUT2D eigenvalue weighted by Crippen LogP contribution is 2.66. The van der Waals surface area contributed by atoms with E-state index in [4.69, 9.17) is 4.74 Å². The lowest BCUT2D eigenvalue weighted by atomic mass is 9.62. The second kappa shape index (κ2) is 13.0. The molecule has 8 nitrogen and oxygen atoms in total. The topological polar surface area (TPSA) is 90.4 Å². The average molecular weight is 650 g/mol. The highest BCUT2D eigenvalue weighted by atomic mass is 16.5. The van der Waals surface area contributed by atoms with Gasteiger partial charge in [0.05, 0.1) is 30.1 Å². The van der Waals surface area contributed by atoms with E-state index in [-0.39, 0.29) is 49.3 Å². The van der Waals surface area contributed by atoms with Crippen LogP contribution in [0.4, 0.5) is 11.4 Å². The van der Waals surface area contributed by atoms with E-state index in [1.54, 1.807) is 26.9 Å². The van der Waals surface area contributed by atoms with E-state index in [1.807, 2.05) is 100 Å². The van der Waals surface area contributed by atoms with Gasteiger partial charge in [-0.05, 0) is 66.6 Å². The van der Waals surface area contributed by atoms with Crippen LogP contribution in [0.5, 0.6) is 0 Å². The fourth-order valence-electron chi connectivity index (χ4n) is 8.72. The van der Waals surface area contributed by atoms with E-state index in [2.05, 4.69) is 13.2 Å². The zero-order valence-corrected chi connectivity index (χ0v) is 28.4. The van der Waals surface area contributed by atoms with Crippen molar-refractivity contribution < 1.29 is 24.2 Å². The Morgan fingerprint density at radius 2 is 1.58 bits per heavy atom. The van der Waals surface area contributed by atoms with Crippen molar-refractivity contribution in [3.05, 3.63) is 98.1 Å². The molecule has 2 bridgehead atoms. The van der Waals surface area contributed by atoms with Crippen LogP contribution in [0.15, 0.2) is 98.1 Å². The monoisotopic (exact) mass is 649 g/mol. The Kier molecular flexibility index (Phi) is 9.09. The van der Waals surface area contributed by atoms with Gasteiger partial charge in [-0.2, -0.15) is 0 Å². The maximum absolute atomic E-state index is 15.2. The third-order valence-electron chi connectivity index (χ3n) is 10.9. The molecule has 3 saturated heterocycles. The minimum atomic E-state index is -1.26. The zero-order chi connectivity index (χ0) is 34.4.